The fourth-order valence-electron chi connectivity index (χ4n) is 3.04. The summed E-state index contributed by atoms with van der Waals surface area (Å²) >= 11 is 0. The van der Waals surface area contributed by atoms with E-state index < -0.39 is 0 Å². The molecule has 0 bridgehead atoms. The van der Waals surface area contributed by atoms with Crippen molar-refractivity contribution in [2.45, 2.75) is 66.0 Å². The third kappa shape index (κ3) is 6.11. The first kappa shape index (κ1) is 19.9. The Morgan fingerprint density at radius 1 is 0.950 bits per heavy atom. The van der Waals surface area contributed by atoms with Crippen LogP contribution in [0.5, 0.6) is 0 Å². The van der Waals surface area contributed by atoms with Crippen LogP contribution in [0, 0.1) is 0 Å². The summed E-state index contributed by atoms with van der Waals surface area (Å²) in [5.41, 5.74) is 0. The topological polar surface area (TPSA) is 9.72 Å². The maximum atomic E-state index is 2.71. The third-order valence-electron chi connectivity index (χ3n) is 4.22. The molecule has 0 atom stereocenters. The zero-order chi connectivity index (χ0) is 15.5. The average molecular weight is 286 g/mol. The molecule has 0 N–H and O–H groups in total. The number of likely N-dealkylation sites (tertiary alicyclic amines) is 2. The van der Waals surface area contributed by atoms with Crippen LogP contribution in [0.15, 0.2) is 0 Å². The predicted molar refractivity (Wildman–Crippen MR) is 91.5 cm³/mol. The normalized spacial score (nSPS) is 21.6. The summed E-state index contributed by atoms with van der Waals surface area (Å²) in [5, 5.41) is 0. The van der Waals surface area contributed by atoms with Crippen molar-refractivity contribution in [3.05, 3.63) is 0 Å². The van der Waals surface area contributed by atoms with Gasteiger partial charge in [-0.1, -0.05) is 34.6 Å². The summed E-state index contributed by atoms with van der Waals surface area (Å²) in [5.74, 6) is 0. The number of hydrogen-bond acceptors (Lipinski definition) is 3. The van der Waals surface area contributed by atoms with Crippen LogP contribution in [-0.4, -0.2) is 73.6 Å². The molecule has 2 saturated heterocycles. The van der Waals surface area contributed by atoms with Crippen LogP contribution in [-0.2, 0) is 0 Å². The molecular formula is C17H39N3. The summed E-state index contributed by atoms with van der Waals surface area (Å²) < 4.78 is 0. The van der Waals surface area contributed by atoms with Crippen LogP contribution in [0.2, 0.25) is 0 Å². The van der Waals surface area contributed by atoms with Gasteiger partial charge in [-0.25, -0.2) is 0 Å². The van der Waals surface area contributed by atoms with E-state index in [1.165, 1.54) is 52.0 Å². The highest BCUT2D eigenvalue weighted by atomic mass is 15.3. The Kier molecular flexibility index (Phi) is 11.5. The lowest BCUT2D eigenvalue weighted by molar-refractivity contribution is 0.0105. The molecule has 3 nitrogen and oxygen atoms in total. The lowest BCUT2D eigenvalue weighted by atomic mass is 9.99. The van der Waals surface area contributed by atoms with Crippen molar-refractivity contribution in [1.29, 1.82) is 0 Å². The molecule has 2 fully saturated rings. The van der Waals surface area contributed by atoms with Gasteiger partial charge in [0.05, 0.1) is 0 Å². The van der Waals surface area contributed by atoms with Crippen LogP contribution >= 0.6 is 0 Å². The standard InChI is InChI=1S/C13H27N3.2C2H6/c1-4-7-15-10-13(11-15)16-8-5-12(6-9-16)14(2)3;2*1-2/h12-13H,4-11H2,1-3H3;2*1-2H3. The Bertz CT molecular complexity index is 204. The minimum Gasteiger partial charge on any atom is -0.306 e. The summed E-state index contributed by atoms with van der Waals surface area (Å²) in [6.07, 6.45) is 4.02. The van der Waals surface area contributed by atoms with Gasteiger partial charge < -0.3 is 9.80 Å². The van der Waals surface area contributed by atoms with E-state index in [0.29, 0.717) is 0 Å². The fraction of sp³-hybridized carbons (Fsp3) is 1.00. The van der Waals surface area contributed by atoms with Gasteiger partial charge in [-0.2, -0.15) is 0 Å². The van der Waals surface area contributed by atoms with Crippen molar-refractivity contribution in [1.82, 2.24) is 14.7 Å². The molecule has 0 unspecified atom stereocenters. The number of piperidine rings is 1. The molecule has 0 saturated carbocycles. The Balaban J connectivity index is 0.000000829. The van der Waals surface area contributed by atoms with Crippen LogP contribution in [0.4, 0.5) is 0 Å². The van der Waals surface area contributed by atoms with Crippen molar-refractivity contribution < 1.29 is 0 Å². The van der Waals surface area contributed by atoms with Crippen molar-refractivity contribution >= 4 is 0 Å². The Labute approximate surface area is 128 Å². The first-order valence-corrected chi connectivity index (χ1v) is 8.83. The average Bonchev–Trinajstić information content (AvgIpc) is 2.47. The molecule has 0 aromatic rings. The second-order valence-electron chi connectivity index (χ2n) is 5.64. The molecule has 2 heterocycles. The zero-order valence-electron chi connectivity index (χ0n) is 15.2. The van der Waals surface area contributed by atoms with Crippen molar-refractivity contribution in [2.24, 2.45) is 0 Å². The van der Waals surface area contributed by atoms with Crippen molar-refractivity contribution in [3.63, 3.8) is 0 Å². The molecule has 2 rings (SSSR count). The molecule has 0 spiro atoms. The van der Waals surface area contributed by atoms with Crippen molar-refractivity contribution in [2.75, 3.05) is 46.8 Å². The van der Waals surface area contributed by atoms with Gasteiger partial charge in [0.2, 0.25) is 0 Å². The maximum Gasteiger partial charge on any atom is 0.0350 e. The lowest BCUT2D eigenvalue weighted by Crippen LogP contribution is -2.61. The minimum absolute atomic E-state index is 0.822. The summed E-state index contributed by atoms with van der Waals surface area (Å²) in [4.78, 5) is 7.69. The van der Waals surface area contributed by atoms with Gasteiger partial charge in [0.15, 0.2) is 0 Å². The molecule has 0 aromatic heterocycles. The van der Waals surface area contributed by atoms with E-state index in [1.807, 2.05) is 27.7 Å². The molecule has 122 valence electrons. The second-order valence-corrected chi connectivity index (χ2v) is 5.64. The number of rotatable bonds is 4. The smallest absolute Gasteiger partial charge is 0.0350 e. The zero-order valence-corrected chi connectivity index (χ0v) is 15.2. The number of nitrogens with zero attached hydrogens (tertiary/aromatic N) is 3. The molecule has 0 radical (unpaired) electrons. The molecule has 0 aromatic carbocycles. The van der Waals surface area contributed by atoms with Crippen LogP contribution in [0.1, 0.15) is 53.9 Å². The monoisotopic (exact) mass is 285 g/mol. The van der Waals surface area contributed by atoms with Gasteiger partial charge in [0.1, 0.15) is 0 Å². The Hall–Kier alpha value is -0.120. The highest BCUT2D eigenvalue weighted by Gasteiger charge is 2.33. The Morgan fingerprint density at radius 3 is 1.85 bits per heavy atom. The third-order valence-corrected chi connectivity index (χ3v) is 4.22. The van der Waals surface area contributed by atoms with Crippen LogP contribution in [0.3, 0.4) is 0 Å². The van der Waals surface area contributed by atoms with Gasteiger partial charge in [-0.15, -0.1) is 0 Å². The van der Waals surface area contributed by atoms with E-state index >= 15 is 0 Å². The first-order valence-electron chi connectivity index (χ1n) is 8.83. The molecular weight excluding hydrogens is 246 g/mol. The van der Waals surface area contributed by atoms with E-state index in [2.05, 4.69) is 35.7 Å². The second kappa shape index (κ2) is 11.5. The van der Waals surface area contributed by atoms with E-state index in [-0.39, 0.29) is 0 Å². The highest BCUT2D eigenvalue weighted by Crippen LogP contribution is 2.21. The molecule has 0 aliphatic carbocycles. The van der Waals surface area contributed by atoms with E-state index in [9.17, 15) is 0 Å². The number of hydrogen-bond donors (Lipinski definition) is 0. The summed E-state index contributed by atoms with van der Waals surface area (Å²) in [6.45, 7) is 16.8. The fourth-order valence-corrected chi connectivity index (χ4v) is 3.04. The predicted octanol–water partition coefficient (Wildman–Crippen LogP) is 3.16. The molecule has 2 aliphatic rings. The van der Waals surface area contributed by atoms with Gasteiger partial charge in [0, 0.05) is 38.3 Å². The molecule has 20 heavy (non-hydrogen) atoms. The van der Waals surface area contributed by atoms with E-state index in [0.717, 1.165) is 12.1 Å². The largest absolute Gasteiger partial charge is 0.306 e. The maximum absolute atomic E-state index is 2.71. The quantitative estimate of drug-likeness (QED) is 0.785. The lowest BCUT2D eigenvalue weighted by Gasteiger charge is -2.48. The van der Waals surface area contributed by atoms with Gasteiger partial charge in [-0.3, -0.25) is 4.90 Å². The van der Waals surface area contributed by atoms with Crippen molar-refractivity contribution in [3.8, 4) is 0 Å². The van der Waals surface area contributed by atoms with Crippen LogP contribution < -0.4 is 0 Å². The van der Waals surface area contributed by atoms with Crippen LogP contribution in [0.25, 0.3) is 0 Å². The highest BCUT2D eigenvalue weighted by molar-refractivity contribution is 4.90. The van der Waals surface area contributed by atoms with E-state index in [1.54, 1.807) is 0 Å². The van der Waals surface area contributed by atoms with Gasteiger partial charge in [-0.05, 0) is 39.9 Å². The minimum atomic E-state index is 0.822. The Morgan fingerprint density at radius 2 is 1.45 bits per heavy atom. The SMILES string of the molecule is CC.CC.CCCN1CC(N2CCC(N(C)C)CC2)C1. The molecule has 0 amide bonds. The molecule has 2 aliphatic heterocycles. The summed E-state index contributed by atoms with van der Waals surface area (Å²) in [6, 6.07) is 1.69. The molecule has 3 heteroatoms. The summed E-state index contributed by atoms with van der Waals surface area (Å²) in [7, 11) is 4.43. The van der Waals surface area contributed by atoms with E-state index in [4.69, 9.17) is 0 Å². The van der Waals surface area contributed by atoms with Gasteiger partial charge >= 0.3 is 0 Å². The van der Waals surface area contributed by atoms with Gasteiger partial charge in [0.25, 0.3) is 0 Å². The first-order chi connectivity index (χ1) is 9.70.